The molecule has 0 unspecified atom stereocenters. The molecule has 2 heterocycles. The fourth-order valence-corrected chi connectivity index (χ4v) is 6.12. The molecule has 0 saturated carbocycles. The number of hydrogen-bond acceptors (Lipinski definition) is 1. The Bertz CT molecular complexity index is 2080. The van der Waals surface area contributed by atoms with Crippen LogP contribution in [-0.2, 0) is 6.42 Å². The van der Waals surface area contributed by atoms with Gasteiger partial charge in [-0.1, -0.05) is 103 Å². The molecule has 0 spiro atoms. The molecular weight excluding hydrogens is 529 g/mol. The third-order valence-electron chi connectivity index (χ3n) is 8.18. The number of allylic oxidation sites excluding steroid dienone is 1. The Balaban J connectivity index is 1.31. The lowest BCUT2D eigenvalue weighted by Gasteiger charge is -2.08. The van der Waals surface area contributed by atoms with Crippen molar-refractivity contribution >= 4 is 22.9 Å². The van der Waals surface area contributed by atoms with Crippen LogP contribution in [0.1, 0.15) is 22.3 Å². The normalized spacial score (nSPS) is 14.4. The summed E-state index contributed by atoms with van der Waals surface area (Å²) in [6.45, 7) is 0. The molecule has 5 aromatic carbocycles. The van der Waals surface area contributed by atoms with Crippen LogP contribution in [0.5, 0.6) is 0 Å². The maximum absolute atomic E-state index is 13.7. The predicted octanol–water partition coefficient (Wildman–Crippen LogP) is 9.68. The van der Waals surface area contributed by atoms with Gasteiger partial charge in [0.1, 0.15) is 11.6 Å². The van der Waals surface area contributed by atoms with Crippen LogP contribution in [0.3, 0.4) is 0 Å². The Morgan fingerprint density at radius 3 is 2.07 bits per heavy atom. The largest absolute Gasteiger partial charge is 0.339 e. The number of fused-ring (bicyclic) bond motifs is 3. The zero-order chi connectivity index (χ0) is 28.8. The van der Waals surface area contributed by atoms with Crippen LogP contribution < -0.4 is 0 Å². The number of hydrogen-bond donors (Lipinski definition) is 1. The molecule has 1 aliphatic heterocycles. The van der Waals surface area contributed by atoms with Crippen molar-refractivity contribution in [1.29, 1.82) is 0 Å². The number of rotatable bonds is 5. The second kappa shape index (κ2) is 10.3. The molecule has 4 heteroatoms. The summed E-state index contributed by atoms with van der Waals surface area (Å²) in [6.07, 6.45) is 3.09. The van der Waals surface area contributed by atoms with Gasteiger partial charge in [0, 0.05) is 22.4 Å². The Hall–Kier alpha value is -5.61. The van der Waals surface area contributed by atoms with Gasteiger partial charge in [0.2, 0.25) is 0 Å². The molecular formula is C39H26FN3. The van der Waals surface area contributed by atoms with Crippen molar-refractivity contribution < 1.29 is 4.39 Å². The maximum atomic E-state index is 13.7. The molecule has 0 bridgehead atoms. The summed E-state index contributed by atoms with van der Waals surface area (Å²) in [4.78, 5) is 13.9. The molecule has 1 N–H and O–H groups in total. The lowest BCUT2D eigenvalue weighted by molar-refractivity contribution is 0.628. The number of aromatic nitrogens is 1. The molecule has 0 saturated heterocycles. The highest BCUT2D eigenvalue weighted by Crippen LogP contribution is 2.41. The van der Waals surface area contributed by atoms with E-state index in [4.69, 9.17) is 9.98 Å². The third kappa shape index (κ3) is 4.54. The van der Waals surface area contributed by atoms with Crippen LogP contribution in [0.2, 0.25) is 0 Å². The van der Waals surface area contributed by atoms with E-state index in [0.29, 0.717) is 11.7 Å². The van der Waals surface area contributed by atoms with Crippen molar-refractivity contribution in [3.63, 3.8) is 0 Å². The van der Waals surface area contributed by atoms with Gasteiger partial charge in [-0.2, -0.15) is 0 Å². The molecule has 0 atom stereocenters. The molecule has 0 radical (unpaired) electrons. The van der Waals surface area contributed by atoms with Gasteiger partial charge < -0.3 is 4.98 Å². The van der Waals surface area contributed by atoms with Gasteiger partial charge in [0.05, 0.1) is 5.71 Å². The minimum Gasteiger partial charge on any atom is -0.339 e. The maximum Gasteiger partial charge on any atom is 0.162 e. The Kier molecular flexibility index (Phi) is 6.04. The van der Waals surface area contributed by atoms with Gasteiger partial charge >= 0.3 is 0 Å². The Labute approximate surface area is 249 Å². The molecule has 0 fully saturated rings. The monoisotopic (exact) mass is 555 g/mol. The van der Waals surface area contributed by atoms with Crippen LogP contribution in [0, 0.1) is 5.82 Å². The number of benzene rings is 5. The second-order valence-corrected chi connectivity index (χ2v) is 10.8. The number of nitrogens with zero attached hydrogens (tertiary/aromatic N) is 2. The number of aromatic amines is 1. The smallest absolute Gasteiger partial charge is 0.162 e. The van der Waals surface area contributed by atoms with E-state index in [1.54, 1.807) is 12.1 Å². The quantitative estimate of drug-likeness (QED) is 0.220. The standard InChI is InChI=1S/C39H26FN3/c40-30-20-18-27(19-21-30)35-23-33(25-10-3-1-4-11-25)38(41-35)43-39-34(26-12-5-2-6-13-26)24-36(42-39)32-17-9-15-29-22-28-14-7-8-16-31(28)37(29)32/h1-21,23-24,41H,22H2/b43-39-. The van der Waals surface area contributed by atoms with Crippen molar-refractivity contribution in [1.82, 2.24) is 4.98 Å². The molecule has 204 valence electrons. The predicted molar refractivity (Wildman–Crippen MR) is 174 cm³/mol. The Morgan fingerprint density at radius 1 is 0.605 bits per heavy atom. The van der Waals surface area contributed by atoms with Gasteiger partial charge in [0.15, 0.2) is 5.84 Å². The number of H-pyrrole nitrogens is 1. The molecule has 6 aromatic rings. The van der Waals surface area contributed by atoms with Crippen LogP contribution in [0.4, 0.5) is 10.2 Å². The topological polar surface area (TPSA) is 40.5 Å². The van der Waals surface area contributed by atoms with E-state index in [0.717, 1.165) is 51.2 Å². The second-order valence-electron chi connectivity index (χ2n) is 10.8. The van der Waals surface area contributed by atoms with E-state index in [9.17, 15) is 4.39 Å². The van der Waals surface area contributed by atoms with E-state index in [2.05, 4.69) is 83.9 Å². The van der Waals surface area contributed by atoms with E-state index in [1.165, 1.54) is 34.4 Å². The highest BCUT2D eigenvalue weighted by atomic mass is 19.1. The fourth-order valence-electron chi connectivity index (χ4n) is 6.12. The highest BCUT2D eigenvalue weighted by molar-refractivity contribution is 6.39. The zero-order valence-electron chi connectivity index (χ0n) is 23.3. The van der Waals surface area contributed by atoms with Crippen LogP contribution in [0.25, 0.3) is 39.1 Å². The molecule has 8 rings (SSSR count). The summed E-state index contributed by atoms with van der Waals surface area (Å²) in [6, 6.07) is 44.2. The van der Waals surface area contributed by atoms with Crippen LogP contribution in [0.15, 0.2) is 150 Å². The molecule has 1 aromatic heterocycles. The van der Waals surface area contributed by atoms with Gasteiger partial charge in [-0.15, -0.1) is 0 Å². The summed E-state index contributed by atoms with van der Waals surface area (Å²) >= 11 is 0. The zero-order valence-corrected chi connectivity index (χ0v) is 23.3. The van der Waals surface area contributed by atoms with Crippen molar-refractivity contribution in [3.05, 3.63) is 168 Å². The van der Waals surface area contributed by atoms with Crippen molar-refractivity contribution in [3.8, 4) is 33.5 Å². The number of halogens is 1. The third-order valence-corrected chi connectivity index (χ3v) is 8.18. The van der Waals surface area contributed by atoms with E-state index in [1.807, 2.05) is 36.4 Å². The summed E-state index contributed by atoms with van der Waals surface area (Å²) in [5.74, 6) is 1.09. The summed E-state index contributed by atoms with van der Waals surface area (Å²) in [5.41, 5.74) is 13.0. The van der Waals surface area contributed by atoms with E-state index in [-0.39, 0.29) is 5.82 Å². The molecule has 2 aliphatic rings. The van der Waals surface area contributed by atoms with Crippen molar-refractivity contribution in [2.45, 2.75) is 6.42 Å². The lowest BCUT2D eigenvalue weighted by atomic mass is 9.95. The molecule has 3 nitrogen and oxygen atoms in total. The first-order valence-corrected chi connectivity index (χ1v) is 14.4. The van der Waals surface area contributed by atoms with Gasteiger partial charge in [-0.05, 0) is 81.8 Å². The summed E-state index contributed by atoms with van der Waals surface area (Å²) < 4.78 is 13.7. The first-order chi connectivity index (χ1) is 21.2. The molecule has 43 heavy (non-hydrogen) atoms. The summed E-state index contributed by atoms with van der Waals surface area (Å²) in [5, 5.41) is 0. The van der Waals surface area contributed by atoms with Gasteiger partial charge in [0.25, 0.3) is 0 Å². The van der Waals surface area contributed by atoms with Crippen LogP contribution in [-0.4, -0.2) is 16.5 Å². The van der Waals surface area contributed by atoms with Gasteiger partial charge in [-0.3, -0.25) is 0 Å². The molecule has 1 aliphatic carbocycles. The van der Waals surface area contributed by atoms with E-state index >= 15 is 0 Å². The fraction of sp³-hybridized carbons (Fsp3) is 0.0256. The number of amidine groups is 1. The summed E-state index contributed by atoms with van der Waals surface area (Å²) in [7, 11) is 0. The minimum atomic E-state index is -0.264. The SMILES string of the molecule is Fc1ccc(-c2cc(-c3ccccc3)c(/N=C3\N=C(c4cccc5c4-c4ccccc4C5)C=C3c3ccccc3)[nH]2)cc1. The number of aliphatic imine (C=N–C) groups is 2. The van der Waals surface area contributed by atoms with Crippen molar-refractivity contribution in [2.24, 2.45) is 9.98 Å². The first kappa shape index (κ1) is 25.1. The molecule has 0 amide bonds. The van der Waals surface area contributed by atoms with Gasteiger partial charge in [-0.25, -0.2) is 14.4 Å². The lowest BCUT2D eigenvalue weighted by Crippen LogP contribution is -1.99. The number of nitrogens with one attached hydrogen (secondary N) is 1. The first-order valence-electron chi connectivity index (χ1n) is 14.4. The Morgan fingerprint density at radius 2 is 1.28 bits per heavy atom. The van der Waals surface area contributed by atoms with E-state index < -0.39 is 0 Å². The highest BCUT2D eigenvalue weighted by Gasteiger charge is 2.26. The average Bonchev–Trinajstić information content (AvgIpc) is 3.78. The van der Waals surface area contributed by atoms with Crippen molar-refractivity contribution in [2.75, 3.05) is 0 Å². The minimum absolute atomic E-state index is 0.264. The average molecular weight is 556 g/mol. The van der Waals surface area contributed by atoms with Crippen LogP contribution >= 0.6 is 0 Å².